The zero-order valence-corrected chi connectivity index (χ0v) is 14.0. The predicted octanol–water partition coefficient (Wildman–Crippen LogP) is 3.38. The molecule has 1 fully saturated rings. The minimum absolute atomic E-state index is 0.0465. The van der Waals surface area contributed by atoms with Crippen molar-refractivity contribution in [3.8, 4) is 5.75 Å². The smallest absolute Gasteiger partial charge is 0.263 e. The molecule has 0 bridgehead atoms. The summed E-state index contributed by atoms with van der Waals surface area (Å²) in [6.45, 7) is 4.19. The Hall–Kier alpha value is -1.26. The third-order valence-corrected chi connectivity index (χ3v) is 4.35. The zero-order valence-electron chi connectivity index (χ0n) is 13.3. The van der Waals surface area contributed by atoms with Gasteiger partial charge in [-0.05, 0) is 50.3 Å². The second kappa shape index (κ2) is 8.39. The van der Waals surface area contributed by atoms with Crippen molar-refractivity contribution < 1.29 is 14.3 Å². The largest absolute Gasteiger partial charge is 0.481 e. The average Bonchev–Trinajstić information content (AvgIpc) is 2.52. The van der Waals surface area contributed by atoms with Crippen LogP contribution >= 0.6 is 11.6 Å². The topological polar surface area (TPSA) is 38.8 Å². The molecule has 0 N–H and O–H groups in total. The van der Waals surface area contributed by atoms with E-state index in [0.29, 0.717) is 16.7 Å². The standard InChI is InChI=1S/C17H24ClNO3/c1-13(22-16-5-3-4-15(18)12-16)17(20)19-9-6-14(7-10-19)8-11-21-2/h3-5,12-14H,6-11H2,1-2H3. The van der Waals surface area contributed by atoms with Gasteiger partial charge in [0.25, 0.3) is 5.91 Å². The molecule has 1 unspecified atom stereocenters. The van der Waals surface area contributed by atoms with E-state index in [-0.39, 0.29) is 5.91 Å². The molecule has 1 heterocycles. The molecule has 0 aromatic heterocycles. The number of likely N-dealkylation sites (tertiary alicyclic amines) is 1. The first-order valence-corrected chi connectivity index (χ1v) is 8.18. The van der Waals surface area contributed by atoms with Gasteiger partial charge in [0.15, 0.2) is 6.10 Å². The molecule has 1 aromatic carbocycles. The Morgan fingerprint density at radius 1 is 1.41 bits per heavy atom. The van der Waals surface area contributed by atoms with Crippen LogP contribution in [0.15, 0.2) is 24.3 Å². The molecule has 0 radical (unpaired) electrons. The minimum Gasteiger partial charge on any atom is -0.481 e. The number of hydrogen-bond acceptors (Lipinski definition) is 3. The van der Waals surface area contributed by atoms with Gasteiger partial charge < -0.3 is 14.4 Å². The summed E-state index contributed by atoms with van der Waals surface area (Å²) in [5.41, 5.74) is 0. The first kappa shape index (κ1) is 17.1. The number of piperidine rings is 1. The maximum absolute atomic E-state index is 12.5. The SMILES string of the molecule is COCCC1CCN(C(=O)C(C)Oc2cccc(Cl)c2)CC1. The van der Waals surface area contributed by atoms with E-state index < -0.39 is 6.10 Å². The number of carbonyl (C=O) groups is 1. The highest BCUT2D eigenvalue weighted by Crippen LogP contribution is 2.22. The summed E-state index contributed by atoms with van der Waals surface area (Å²) in [5.74, 6) is 1.33. The summed E-state index contributed by atoms with van der Waals surface area (Å²) in [6.07, 6.45) is 2.67. The molecule has 0 saturated carbocycles. The van der Waals surface area contributed by atoms with E-state index in [1.54, 1.807) is 26.2 Å². The molecular formula is C17H24ClNO3. The molecule has 1 amide bonds. The lowest BCUT2D eigenvalue weighted by Gasteiger charge is -2.33. The fourth-order valence-corrected chi connectivity index (χ4v) is 2.96. The van der Waals surface area contributed by atoms with E-state index in [1.807, 2.05) is 17.0 Å². The van der Waals surface area contributed by atoms with Gasteiger partial charge >= 0.3 is 0 Å². The van der Waals surface area contributed by atoms with Crippen molar-refractivity contribution in [2.45, 2.75) is 32.3 Å². The lowest BCUT2D eigenvalue weighted by Crippen LogP contribution is -2.44. The van der Waals surface area contributed by atoms with Crippen molar-refractivity contribution in [2.75, 3.05) is 26.8 Å². The van der Waals surface area contributed by atoms with Gasteiger partial charge in [0.2, 0.25) is 0 Å². The molecule has 4 nitrogen and oxygen atoms in total. The van der Waals surface area contributed by atoms with Crippen molar-refractivity contribution in [1.82, 2.24) is 4.90 Å². The summed E-state index contributed by atoms with van der Waals surface area (Å²) in [6, 6.07) is 7.14. The van der Waals surface area contributed by atoms with E-state index in [4.69, 9.17) is 21.1 Å². The summed E-state index contributed by atoms with van der Waals surface area (Å²) in [5, 5.41) is 0.608. The summed E-state index contributed by atoms with van der Waals surface area (Å²) in [4.78, 5) is 14.4. The van der Waals surface area contributed by atoms with E-state index in [9.17, 15) is 4.79 Å². The first-order chi connectivity index (χ1) is 10.6. The fraction of sp³-hybridized carbons (Fsp3) is 0.588. The Morgan fingerprint density at radius 3 is 2.77 bits per heavy atom. The third-order valence-electron chi connectivity index (χ3n) is 4.11. The van der Waals surface area contributed by atoms with Crippen LogP contribution in [0.2, 0.25) is 5.02 Å². The number of carbonyl (C=O) groups excluding carboxylic acids is 1. The van der Waals surface area contributed by atoms with Crippen LogP contribution in [0.5, 0.6) is 5.75 Å². The van der Waals surface area contributed by atoms with Gasteiger partial charge in [0.05, 0.1) is 0 Å². The number of amides is 1. The Kier molecular flexibility index (Phi) is 6.52. The normalized spacial score (nSPS) is 17.3. The van der Waals surface area contributed by atoms with Gasteiger partial charge in [-0.25, -0.2) is 0 Å². The Labute approximate surface area is 137 Å². The summed E-state index contributed by atoms with van der Waals surface area (Å²) < 4.78 is 10.8. The second-order valence-electron chi connectivity index (χ2n) is 5.77. The molecule has 122 valence electrons. The highest BCUT2D eigenvalue weighted by molar-refractivity contribution is 6.30. The molecule has 2 rings (SSSR count). The van der Waals surface area contributed by atoms with Gasteiger partial charge in [-0.1, -0.05) is 17.7 Å². The molecule has 1 aliphatic rings. The quantitative estimate of drug-likeness (QED) is 0.804. The number of nitrogens with zero attached hydrogens (tertiary/aromatic N) is 1. The summed E-state index contributed by atoms with van der Waals surface area (Å²) in [7, 11) is 1.73. The molecule has 1 saturated heterocycles. The van der Waals surface area contributed by atoms with Crippen LogP contribution in [0.1, 0.15) is 26.2 Å². The van der Waals surface area contributed by atoms with Crippen LogP contribution in [0.25, 0.3) is 0 Å². The van der Waals surface area contributed by atoms with Crippen molar-refractivity contribution in [1.29, 1.82) is 0 Å². The van der Waals surface area contributed by atoms with Crippen molar-refractivity contribution in [3.05, 3.63) is 29.3 Å². The average molecular weight is 326 g/mol. The van der Waals surface area contributed by atoms with Gasteiger partial charge in [0.1, 0.15) is 5.75 Å². The predicted molar refractivity (Wildman–Crippen MR) is 87.3 cm³/mol. The molecule has 22 heavy (non-hydrogen) atoms. The molecule has 0 spiro atoms. The Morgan fingerprint density at radius 2 is 2.14 bits per heavy atom. The van der Waals surface area contributed by atoms with E-state index in [0.717, 1.165) is 39.0 Å². The number of halogens is 1. The lowest BCUT2D eigenvalue weighted by molar-refractivity contribution is -0.139. The van der Waals surface area contributed by atoms with Crippen LogP contribution in [-0.2, 0) is 9.53 Å². The van der Waals surface area contributed by atoms with E-state index in [2.05, 4.69) is 0 Å². The van der Waals surface area contributed by atoms with Gasteiger partial charge in [-0.3, -0.25) is 4.79 Å². The highest BCUT2D eigenvalue weighted by Gasteiger charge is 2.26. The van der Waals surface area contributed by atoms with Crippen molar-refractivity contribution in [2.24, 2.45) is 5.92 Å². The van der Waals surface area contributed by atoms with Crippen molar-refractivity contribution in [3.63, 3.8) is 0 Å². The van der Waals surface area contributed by atoms with E-state index >= 15 is 0 Å². The molecule has 0 aliphatic carbocycles. The van der Waals surface area contributed by atoms with Gasteiger partial charge in [-0.15, -0.1) is 0 Å². The van der Waals surface area contributed by atoms with Crippen LogP contribution < -0.4 is 4.74 Å². The lowest BCUT2D eigenvalue weighted by atomic mass is 9.94. The van der Waals surface area contributed by atoms with E-state index in [1.165, 1.54) is 0 Å². The summed E-state index contributed by atoms with van der Waals surface area (Å²) >= 11 is 5.93. The van der Waals surface area contributed by atoms with Crippen LogP contribution in [0.4, 0.5) is 0 Å². The number of methoxy groups -OCH3 is 1. The Bertz CT molecular complexity index is 487. The highest BCUT2D eigenvalue weighted by atomic mass is 35.5. The minimum atomic E-state index is -0.492. The van der Waals surface area contributed by atoms with Crippen LogP contribution in [-0.4, -0.2) is 43.7 Å². The molecule has 5 heteroatoms. The number of benzene rings is 1. The molecular weight excluding hydrogens is 302 g/mol. The number of rotatable bonds is 6. The number of hydrogen-bond donors (Lipinski definition) is 0. The zero-order chi connectivity index (χ0) is 15.9. The van der Waals surface area contributed by atoms with Crippen LogP contribution in [0.3, 0.4) is 0 Å². The fourth-order valence-electron chi connectivity index (χ4n) is 2.78. The monoisotopic (exact) mass is 325 g/mol. The Balaban J connectivity index is 1.81. The molecule has 1 aliphatic heterocycles. The maximum atomic E-state index is 12.5. The third kappa shape index (κ3) is 4.89. The van der Waals surface area contributed by atoms with Crippen molar-refractivity contribution >= 4 is 17.5 Å². The second-order valence-corrected chi connectivity index (χ2v) is 6.20. The number of ether oxygens (including phenoxy) is 2. The van der Waals surface area contributed by atoms with Gasteiger partial charge in [0, 0.05) is 31.8 Å². The molecule has 1 atom stereocenters. The van der Waals surface area contributed by atoms with Gasteiger partial charge in [-0.2, -0.15) is 0 Å². The first-order valence-electron chi connectivity index (χ1n) is 7.80. The maximum Gasteiger partial charge on any atom is 0.263 e. The molecule has 1 aromatic rings. The van der Waals surface area contributed by atoms with Crippen LogP contribution in [0, 0.1) is 5.92 Å².